The number of methoxy groups -OCH3 is 1. The number of anilines is 1. The summed E-state index contributed by atoms with van der Waals surface area (Å²) in [6.45, 7) is 7.41. The van der Waals surface area contributed by atoms with Crippen molar-refractivity contribution in [2.45, 2.75) is 45.4 Å². The van der Waals surface area contributed by atoms with Crippen LogP contribution in [0.5, 0.6) is 5.75 Å². The Morgan fingerprint density at radius 3 is 2.71 bits per heavy atom. The predicted molar refractivity (Wildman–Crippen MR) is 123 cm³/mol. The van der Waals surface area contributed by atoms with Gasteiger partial charge in [0.1, 0.15) is 17.4 Å². The van der Waals surface area contributed by atoms with E-state index >= 15 is 0 Å². The van der Waals surface area contributed by atoms with Gasteiger partial charge in [-0.25, -0.2) is 9.97 Å². The average molecular weight is 441 g/mol. The third-order valence-corrected chi connectivity index (χ3v) is 7.07. The number of fused-ring (bicyclic) bond motifs is 1. The van der Waals surface area contributed by atoms with Gasteiger partial charge >= 0.3 is 0 Å². The lowest BCUT2D eigenvalue weighted by Crippen LogP contribution is -2.46. The predicted octanol–water partition coefficient (Wildman–Crippen LogP) is 3.81. The molecule has 3 N–H and O–H groups in total. The molecule has 2 fully saturated rings. The summed E-state index contributed by atoms with van der Waals surface area (Å²) < 4.78 is 5.92. The molecule has 8 heteroatoms. The number of likely N-dealkylation sites (tertiary alicyclic amines) is 1. The van der Waals surface area contributed by atoms with E-state index in [2.05, 4.69) is 32.0 Å². The van der Waals surface area contributed by atoms with Crippen molar-refractivity contribution < 1.29 is 4.74 Å². The lowest BCUT2D eigenvalue weighted by molar-refractivity contribution is 0.139. The Kier molecular flexibility index (Phi) is 5.26. The molecule has 164 valence electrons. The number of benzene rings is 1. The molecule has 0 bridgehead atoms. The van der Waals surface area contributed by atoms with Crippen LogP contribution in [0.2, 0.25) is 5.02 Å². The van der Waals surface area contributed by atoms with Crippen LogP contribution < -0.4 is 10.5 Å². The number of nitrogens with two attached hydrogens (primary N) is 1. The van der Waals surface area contributed by atoms with E-state index in [9.17, 15) is 0 Å². The molecule has 1 aliphatic heterocycles. The van der Waals surface area contributed by atoms with Crippen molar-refractivity contribution in [3.63, 3.8) is 0 Å². The van der Waals surface area contributed by atoms with E-state index in [4.69, 9.17) is 22.1 Å². The van der Waals surface area contributed by atoms with Gasteiger partial charge < -0.3 is 15.4 Å². The molecule has 31 heavy (non-hydrogen) atoms. The maximum absolute atomic E-state index is 6.66. The summed E-state index contributed by atoms with van der Waals surface area (Å²) in [5.41, 5.74) is 11.1. The number of hydrogen-bond acceptors (Lipinski definition) is 6. The number of aromatic nitrogens is 4. The molecule has 2 aromatic heterocycles. The zero-order chi connectivity index (χ0) is 21.7. The number of nitrogens with one attached hydrogen (secondary N) is 1. The minimum atomic E-state index is 0.464. The van der Waals surface area contributed by atoms with Crippen LogP contribution >= 0.6 is 11.6 Å². The van der Waals surface area contributed by atoms with Crippen LogP contribution in [-0.2, 0) is 12.8 Å². The quantitative estimate of drug-likeness (QED) is 0.580. The first-order valence-corrected chi connectivity index (χ1v) is 11.4. The summed E-state index contributed by atoms with van der Waals surface area (Å²) in [4.78, 5) is 11.7. The van der Waals surface area contributed by atoms with E-state index in [0.29, 0.717) is 29.6 Å². The molecule has 7 nitrogen and oxygen atoms in total. The Morgan fingerprint density at radius 2 is 2.00 bits per heavy atom. The van der Waals surface area contributed by atoms with Gasteiger partial charge in [-0.3, -0.25) is 5.10 Å². The van der Waals surface area contributed by atoms with E-state index < -0.39 is 0 Å². The normalized spacial score (nSPS) is 17.3. The van der Waals surface area contributed by atoms with E-state index in [-0.39, 0.29) is 0 Å². The van der Waals surface area contributed by atoms with Crippen molar-refractivity contribution in [2.24, 2.45) is 5.92 Å². The molecule has 1 aromatic carbocycles. The van der Waals surface area contributed by atoms with E-state index in [1.165, 1.54) is 24.9 Å². The highest BCUT2D eigenvalue weighted by atomic mass is 35.5. The Hall–Kier alpha value is -2.38. The Labute approximate surface area is 187 Å². The molecule has 2 aliphatic rings. The maximum atomic E-state index is 6.66. The average Bonchev–Trinajstić information content (AvgIpc) is 3.46. The second-order valence-electron chi connectivity index (χ2n) is 9.01. The van der Waals surface area contributed by atoms with Gasteiger partial charge in [0, 0.05) is 42.6 Å². The summed E-state index contributed by atoms with van der Waals surface area (Å²) in [5.74, 6) is 3.51. The topological polar surface area (TPSA) is 92.9 Å². The van der Waals surface area contributed by atoms with Crippen molar-refractivity contribution >= 4 is 28.5 Å². The minimum absolute atomic E-state index is 0.464. The number of halogens is 1. The molecule has 0 amide bonds. The number of rotatable bonds is 7. The highest BCUT2D eigenvalue weighted by molar-refractivity contribution is 6.31. The number of nitrogens with zero attached hydrogens (tertiary/aromatic N) is 4. The van der Waals surface area contributed by atoms with E-state index in [1.807, 2.05) is 13.0 Å². The van der Waals surface area contributed by atoms with Crippen LogP contribution in [-0.4, -0.2) is 51.8 Å². The smallest absolute Gasteiger partial charge is 0.161 e. The number of ether oxygens (including phenoxy) is 1. The molecule has 3 aromatic rings. The summed E-state index contributed by atoms with van der Waals surface area (Å²) in [6.07, 6.45) is 4.15. The monoisotopic (exact) mass is 440 g/mol. The first kappa shape index (κ1) is 20.5. The molecule has 0 radical (unpaired) electrons. The maximum Gasteiger partial charge on any atom is 0.161 e. The van der Waals surface area contributed by atoms with Crippen molar-refractivity contribution in [1.29, 1.82) is 0 Å². The van der Waals surface area contributed by atoms with Crippen LogP contribution in [0, 0.1) is 19.8 Å². The van der Waals surface area contributed by atoms with Crippen LogP contribution in [0.25, 0.3) is 11.0 Å². The van der Waals surface area contributed by atoms with Crippen LogP contribution in [0.3, 0.4) is 0 Å². The van der Waals surface area contributed by atoms with Crippen molar-refractivity contribution in [1.82, 2.24) is 25.1 Å². The fourth-order valence-electron chi connectivity index (χ4n) is 4.80. The molecule has 0 atom stereocenters. The number of aromatic amines is 1. The third-order valence-electron chi connectivity index (χ3n) is 6.67. The van der Waals surface area contributed by atoms with Crippen molar-refractivity contribution in [2.75, 3.05) is 32.5 Å². The van der Waals surface area contributed by atoms with E-state index in [1.54, 1.807) is 7.11 Å². The summed E-state index contributed by atoms with van der Waals surface area (Å²) in [7, 11) is 1.75. The van der Waals surface area contributed by atoms with Crippen LogP contribution in [0.15, 0.2) is 6.07 Å². The zero-order valence-corrected chi connectivity index (χ0v) is 19.1. The molecular formula is C23H29ClN6O. The van der Waals surface area contributed by atoms with Gasteiger partial charge in [-0.05, 0) is 56.2 Å². The van der Waals surface area contributed by atoms with Gasteiger partial charge in [0.25, 0.3) is 0 Å². The Bertz CT molecular complexity index is 1130. The molecule has 1 saturated heterocycles. The van der Waals surface area contributed by atoms with Gasteiger partial charge in [0.2, 0.25) is 0 Å². The lowest BCUT2D eigenvalue weighted by atomic mass is 9.85. The van der Waals surface area contributed by atoms with Crippen molar-refractivity contribution in [3.05, 3.63) is 39.3 Å². The summed E-state index contributed by atoms with van der Waals surface area (Å²) in [6, 6.07) is 2.03. The molecule has 1 saturated carbocycles. The molecule has 0 unspecified atom stereocenters. The SMILES string of the molecule is COc1c(CCc2nc(N)c3c(C)n[nH]c3n2)cc(Cl)c(C)c1C1CN(CC2CC2)C1. The molecule has 3 heterocycles. The number of hydrogen-bond donors (Lipinski definition) is 2. The van der Waals surface area contributed by atoms with Gasteiger partial charge in [-0.2, -0.15) is 5.10 Å². The minimum Gasteiger partial charge on any atom is -0.496 e. The third kappa shape index (κ3) is 3.85. The highest BCUT2D eigenvalue weighted by Gasteiger charge is 2.36. The number of nitrogen functional groups attached to an aromatic ring is 1. The summed E-state index contributed by atoms with van der Waals surface area (Å²) in [5, 5.41) is 8.72. The fourth-order valence-corrected chi connectivity index (χ4v) is 5.03. The van der Waals surface area contributed by atoms with E-state index in [0.717, 1.165) is 58.4 Å². The largest absolute Gasteiger partial charge is 0.496 e. The Morgan fingerprint density at radius 1 is 1.23 bits per heavy atom. The molecule has 0 spiro atoms. The summed E-state index contributed by atoms with van der Waals surface area (Å²) >= 11 is 6.66. The van der Waals surface area contributed by atoms with Gasteiger partial charge in [0.05, 0.1) is 18.2 Å². The van der Waals surface area contributed by atoms with Crippen molar-refractivity contribution in [3.8, 4) is 5.75 Å². The molecule has 1 aliphatic carbocycles. The molecule has 5 rings (SSSR count). The van der Waals surface area contributed by atoms with Crippen LogP contribution in [0.1, 0.15) is 47.0 Å². The molecular weight excluding hydrogens is 412 g/mol. The Balaban J connectivity index is 1.38. The number of aryl methyl sites for hydroxylation is 3. The lowest BCUT2D eigenvalue weighted by Gasteiger charge is -2.41. The van der Waals surface area contributed by atoms with Gasteiger partial charge in [0.15, 0.2) is 5.65 Å². The second-order valence-corrected chi connectivity index (χ2v) is 9.41. The number of H-pyrrole nitrogens is 1. The zero-order valence-electron chi connectivity index (χ0n) is 18.3. The first-order chi connectivity index (χ1) is 14.9. The first-order valence-electron chi connectivity index (χ1n) is 11.0. The second kappa shape index (κ2) is 7.95. The van der Waals surface area contributed by atoms with Gasteiger partial charge in [-0.1, -0.05) is 11.6 Å². The van der Waals surface area contributed by atoms with Crippen LogP contribution in [0.4, 0.5) is 5.82 Å². The fraction of sp³-hybridized carbons (Fsp3) is 0.522. The highest BCUT2D eigenvalue weighted by Crippen LogP contribution is 2.42. The standard InChI is InChI=1S/C23H29ClN6O/c1-12-17(24)8-15(6-7-18-26-22(25)20-13(2)28-29-23(20)27-18)21(31-3)19(12)16-10-30(11-16)9-14-4-5-14/h8,14,16H,4-7,9-11H2,1-3H3,(H3,25,26,27,28,29). The van der Waals surface area contributed by atoms with Gasteiger partial charge in [-0.15, -0.1) is 0 Å².